The first-order valence-electron chi connectivity index (χ1n) is 8.59. The molecule has 0 spiro atoms. The number of carbonyl (C=O) groups is 1. The Hall–Kier alpha value is -3.09. The molecule has 0 saturated carbocycles. The summed E-state index contributed by atoms with van der Waals surface area (Å²) in [5.74, 6) is -0.664. The molecule has 136 valence electrons. The van der Waals surface area contributed by atoms with Crippen molar-refractivity contribution in [3.8, 4) is 0 Å². The van der Waals surface area contributed by atoms with Crippen LogP contribution in [0, 0.1) is 5.41 Å². The fourth-order valence-electron chi connectivity index (χ4n) is 2.98. The molecule has 1 fully saturated rings. The number of ether oxygens (including phenoxy) is 1. The zero-order valence-corrected chi connectivity index (χ0v) is 14.6. The Balaban J connectivity index is 1.55. The quantitative estimate of drug-likeness (QED) is 0.467. The number of benzene rings is 1. The summed E-state index contributed by atoms with van der Waals surface area (Å²) in [7, 11) is 0. The number of aromatic nitrogens is 1. The predicted molar refractivity (Wildman–Crippen MR) is 101 cm³/mol. The lowest BCUT2D eigenvalue weighted by molar-refractivity contribution is -0.143. The number of nitrogens with one attached hydrogen (secondary N) is 1. The van der Waals surface area contributed by atoms with E-state index in [0.717, 1.165) is 43.1 Å². The molecular formula is C19H23N5O2. The Morgan fingerprint density at radius 3 is 2.46 bits per heavy atom. The van der Waals surface area contributed by atoms with Crippen LogP contribution in [0.15, 0.2) is 48.8 Å². The summed E-state index contributed by atoms with van der Waals surface area (Å²) < 4.78 is 5.16. The fourth-order valence-corrected chi connectivity index (χ4v) is 2.98. The highest BCUT2D eigenvalue weighted by Gasteiger charge is 2.18. The number of hydrogen-bond donors (Lipinski definition) is 2. The van der Waals surface area contributed by atoms with Gasteiger partial charge in [0.05, 0.1) is 11.9 Å². The van der Waals surface area contributed by atoms with Crippen LogP contribution in [0.1, 0.15) is 12.0 Å². The molecule has 1 aromatic heterocycles. The number of piperazine rings is 1. The molecule has 3 N–H and O–H groups in total. The van der Waals surface area contributed by atoms with E-state index in [1.165, 1.54) is 0 Å². The molecule has 0 atom stereocenters. The third-order valence-corrected chi connectivity index (χ3v) is 4.30. The first-order valence-corrected chi connectivity index (χ1v) is 8.59. The number of esters is 1. The Morgan fingerprint density at radius 2 is 1.81 bits per heavy atom. The van der Waals surface area contributed by atoms with E-state index < -0.39 is 5.97 Å². The van der Waals surface area contributed by atoms with E-state index >= 15 is 0 Å². The maximum atomic E-state index is 11.5. The standard InChI is InChI=1S/C19H23N5O2/c20-18(21)12-19(25)26-14-15-3-1-4-16(11-15)23-7-9-24(10-8-23)17-5-2-6-22-13-17/h1-6,11,13H,7-10,12,14H2,(H3,20,21). The number of amidine groups is 1. The van der Waals surface area contributed by atoms with Crippen LogP contribution in [-0.4, -0.2) is 43.0 Å². The maximum absolute atomic E-state index is 11.5. The van der Waals surface area contributed by atoms with Crippen molar-refractivity contribution in [3.05, 3.63) is 54.4 Å². The van der Waals surface area contributed by atoms with Gasteiger partial charge in [-0.2, -0.15) is 0 Å². The molecule has 1 aliphatic rings. The molecule has 2 heterocycles. The average Bonchev–Trinajstić information content (AvgIpc) is 2.67. The molecule has 3 rings (SSSR count). The lowest BCUT2D eigenvalue weighted by atomic mass is 10.1. The summed E-state index contributed by atoms with van der Waals surface area (Å²) in [5, 5.41) is 7.12. The van der Waals surface area contributed by atoms with Crippen molar-refractivity contribution in [3.63, 3.8) is 0 Å². The van der Waals surface area contributed by atoms with Crippen LogP contribution in [0.3, 0.4) is 0 Å². The minimum atomic E-state index is -0.479. The molecule has 0 aliphatic carbocycles. The molecule has 0 amide bonds. The third kappa shape index (κ3) is 4.72. The number of carbonyl (C=O) groups excluding carboxylic acids is 1. The monoisotopic (exact) mass is 353 g/mol. The molecule has 1 aromatic carbocycles. The molecule has 2 aromatic rings. The maximum Gasteiger partial charge on any atom is 0.313 e. The van der Waals surface area contributed by atoms with Gasteiger partial charge in [0.2, 0.25) is 0 Å². The summed E-state index contributed by atoms with van der Waals surface area (Å²) in [6, 6.07) is 12.0. The third-order valence-electron chi connectivity index (χ3n) is 4.30. The van der Waals surface area contributed by atoms with Crippen LogP contribution in [-0.2, 0) is 16.1 Å². The molecule has 0 unspecified atom stereocenters. The van der Waals surface area contributed by atoms with Crippen LogP contribution >= 0.6 is 0 Å². The summed E-state index contributed by atoms with van der Waals surface area (Å²) >= 11 is 0. The smallest absolute Gasteiger partial charge is 0.313 e. The van der Waals surface area contributed by atoms with Crippen LogP contribution in [0.25, 0.3) is 0 Å². The van der Waals surface area contributed by atoms with Crippen molar-refractivity contribution in [1.82, 2.24) is 4.98 Å². The van der Waals surface area contributed by atoms with E-state index in [2.05, 4.69) is 26.9 Å². The first kappa shape index (κ1) is 17.7. The van der Waals surface area contributed by atoms with Gasteiger partial charge in [0.15, 0.2) is 0 Å². The average molecular weight is 353 g/mol. The molecule has 0 bridgehead atoms. The summed E-state index contributed by atoms with van der Waals surface area (Å²) in [5.41, 5.74) is 8.40. The molecule has 1 aliphatic heterocycles. The van der Waals surface area contributed by atoms with Crippen molar-refractivity contribution in [2.45, 2.75) is 13.0 Å². The van der Waals surface area contributed by atoms with Crippen molar-refractivity contribution in [2.24, 2.45) is 5.73 Å². The second-order valence-corrected chi connectivity index (χ2v) is 6.22. The van der Waals surface area contributed by atoms with Gasteiger partial charge in [0.25, 0.3) is 0 Å². The van der Waals surface area contributed by atoms with Crippen LogP contribution in [0.4, 0.5) is 11.4 Å². The van der Waals surface area contributed by atoms with Crippen LogP contribution in [0.5, 0.6) is 0 Å². The Kier molecular flexibility index (Phi) is 5.68. The van der Waals surface area contributed by atoms with Crippen molar-refractivity contribution >= 4 is 23.2 Å². The SMILES string of the molecule is N=C(N)CC(=O)OCc1cccc(N2CCN(c3cccnc3)CC2)c1. The minimum Gasteiger partial charge on any atom is -0.460 e. The van der Waals surface area contributed by atoms with Crippen LogP contribution < -0.4 is 15.5 Å². The molecule has 7 nitrogen and oxygen atoms in total. The van der Waals surface area contributed by atoms with Gasteiger partial charge in [-0.05, 0) is 29.8 Å². The molecule has 7 heteroatoms. The van der Waals surface area contributed by atoms with Gasteiger partial charge in [-0.3, -0.25) is 15.2 Å². The zero-order valence-electron chi connectivity index (χ0n) is 14.6. The van der Waals surface area contributed by atoms with E-state index in [4.69, 9.17) is 15.9 Å². The van der Waals surface area contributed by atoms with Gasteiger partial charge >= 0.3 is 5.97 Å². The minimum absolute atomic E-state index is 0.171. The summed E-state index contributed by atoms with van der Waals surface area (Å²) in [4.78, 5) is 20.4. The molecular weight excluding hydrogens is 330 g/mol. The highest BCUT2D eigenvalue weighted by atomic mass is 16.5. The van der Waals surface area contributed by atoms with Gasteiger partial charge in [0, 0.05) is 38.1 Å². The second-order valence-electron chi connectivity index (χ2n) is 6.22. The Labute approximate surface area is 152 Å². The van der Waals surface area contributed by atoms with Gasteiger partial charge in [-0.15, -0.1) is 0 Å². The Bertz CT molecular complexity index is 758. The lowest BCUT2D eigenvalue weighted by Gasteiger charge is -2.37. The van der Waals surface area contributed by atoms with Gasteiger partial charge in [-0.25, -0.2) is 0 Å². The molecule has 26 heavy (non-hydrogen) atoms. The van der Waals surface area contributed by atoms with Crippen molar-refractivity contribution < 1.29 is 9.53 Å². The lowest BCUT2D eigenvalue weighted by Crippen LogP contribution is -2.46. The highest BCUT2D eigenvalue weighted by molar-refractivity contribution is 5.94. The number of nitrogens with zero attached hydrogens (tertiary/aromatic N) is 3. The van der Waals surface area contributed by atoms with E-state index in [9.17, 15) is 4.79 Å². The fraction of sp³-hybridized carbons (Fsp3) is 0.316. The van der Waals surface area contributed by atoms with E-state index in [-0.39, 0.29) is 18.9 Å². The number of pyridine rings is 1. The van der Waals surface area contributed by atoms with E-state index in [0.29, 0.717) is 0 Å². The first-order chi connectivity index (χ1) is 12.6. The molecule has 0 radical (unpaired) electrons. The van der Waals surface area contributed by atoms with Crippen molar-refractivity contribution in [2.75, 3.05) is 36.0 Å². The zero-order chi connectivity index (χ0) is 18.4. The highest BCUT2D eigenvalue weighted by Crippen LogP contribution is 2.21. The number of rotatable bonds is 6. The van der Waals surface area contributed by atoms with Gasteiger partial charge < -0.3 is 20.3 Å². The number of hydrogen-bond acceptors (Lipinski definition) is 6. The molecule has 1 saturated heterocycles. The van der Waals surface area contributed by atoms with Gasteiger partial charge in [0.1, 0.15) is 18.9 Å². The number of nitrogens with two attached hydrogens (primary N) is 1. The van der Waals surface area contributed by atoms with Crippen LogP contribution in [0.2, 0.25) is 0 Å². The second kappa shape index (κ2) is 8.33. The number of anilines is 2. The normalized spacial score (nSPS) is 14.2. The van der Waals surface area contributed by atoms with E-state index in [1.807, 2.05) is 30.5 Å². The largest absolute Gasteiger partial charge is 0.460 e. The summed E-state index contributed by atoms with van der Waals surface area (Å²) in [6.07, 6.45) is 3.51. The summed E-state index contributed by atoms with van der Waals surface area (Å²) in [6.45, 7) is 3.90. The van der Waals surface area contributed by atoms with Gasteiger partial charge in [-0.1, -0.05) is 12.1 Å². The van der Waals surface area contributed by atoms with E-state index in [1.54, 1.807) is 6.20 Å². The van der Waals surface area contributed by atoms with Crippen molar-refractivity contribution in [1.29, 1.82) is 5.41 Å². The topological polar surface area (TPSA) is 95.5 Å². The predicted octanol–water partition coefficient (Wildman–Crippen LogP) is 1.78. The Morgan fingerprint density at radius 1 is 1.12 bits per heavy atom.